The van der Waals surface area contributed by atoms with Crippen LogP contribution in [-0.2, 0) is 14.9 Å². The first kappa shape index (κ1) is 15.2. The molecule has 0 aliphatic carbocycles. The average molecular weight is 292 g/mol. The number of hydrogen-bond donors (Lipinski definition) is 1. The first-order chi connectivity index (χ1) is 9.14. The predicted molar refractivity (Wildman–Crippen MR) is 72.0 cm³/mol. The van der Waals surface area contributed by atoms with Gasteiger partial charge in [0.2, 0.25) is 0 Å². The Morgan fingerprint density at radius 3 is 2.16 bits per heavy atom. The molecule has 2 heterocycles. The highest BCUT2D eigenvalue weighted by molar-refractivity contribution is 7.86. The summed E-state index contributed by atoms with van der Waals surface area (Å²) in [7, 11) is -3.27. The largest absolute Gasteiger partial charge is 0.394 e. The normalized spacial score (nSPS) is 24.7. The molecule has 0 aromatic carbocycles. The van der Waals surface area contributed by atoms with Crippen LogP contribution < -0.4 is 0 Å². The Balaban J connectivity index is 1.85. The van der Waals surface area contributed by atoms with Crippen LogP contribution in [-0.4, -0.2) is 67.6 Å². The number of nitrogens with zero attached hydrogens (tertiary/aromatic N) is 2. The molecule has 0 bridgehead atoms. The van der Waals surface area contributed by atoms with Crippen LogP contribution in [0, 0.1) is 0 Å². The van der Waals surface area contributed by atoms with Crippen LogP contribution in [0.15, 0.2) is 0 Å². The van der Waals surface area contributed by atoms with Gasteiger partial charge in [-0.1, -0.05) is 6.42 Å². The van der Waals surface area contributed by atoms with Gasteiger partial charge in [0.15, 0.2) is 0 Å². The molecule has 0 amide bonds. The second-order valence-electron chi connectivity index (χ2n) is 5.16. The van der Waals surface area contributed by atoms with Gasteiger partial charge in [-0.3, -0.25) is 0 Å². The fourth-order valence-corrected chi connectivity index (χ4v) is 4.43. The third-order valence-corrected chi connectivity index (χ3v) is 5.85. The van der Waals surface area contributed by atoms with Gasteiger partial charge in [-0.2, -0.15) is 17.0 Å². The van der Waals surface area contributed by atoms with Crippen LogP contribution in [0.2, 0.25) is 0 Å². The Bertz CT molecular complexity index is 360. The van der Waals surface area contributed by atoms with Crippen LogP contribution in [0.3, 0.4) is 0 Å². The van der Waals surface area contributed by atoms with Gasteiger partial charge in [-0.05, 0) is 25.7 Å². The van der Waals surface area contributed by atoms with E-state index >= 15 is 0 Å². The summed E-state index contributed by atoms with van der Waals surface area (Å²) in [5, 5.41) is 8.71. The molecule has 6 nitrogen and oxygen atoms in total. The lowest BCUT2D eigenvalue weighted by Gasteiger charge is -2.36. The zero-order valence-electron chi connectivity index (χ0n) is 11.3. The lowest BCUT2D eigenvalue weighted by molar-refractivity contribution is 0.00249. The van der Waals surface area contributed by atoms with Crippen molar-refractivity contribution >= 4 is 10.2 Å². The number of aliphatic hydroxyl groups excluding tert-OH is 1. The van der Waals surface area contributed by atoms with Gasteiger partial charge in [0.25, 0.3) is 10.2 Å². The molecule has 0 saturated carbocycles. The first-order valence-electron chi connectivity index (χ1n) is 7.12. The van der Waals surface area contributed by atoms with E-state index in [1.165, 1.54) is 0 Å². The molecule has 2 saturated heterocycles. The Morgan fingerprint density at radius 2 is 1.58 bits per heavy atom. The lowest BCUT2D eigenvalue weighted by Crippen LogP contribution is -2.49. The predicted octanol–water partition coefficient (Wildman–Crippen LogP) is 0.190. The summed E-state index contributed by atoms with van der Waals surface area (Å²) in [5.41, 5.74) is 0. The molecular formula is C12H24N2O4S. The van der Waals surface area contributed by atoms with E-state index in [-0.39, 0.29) is 12.7 Å². The summed E-state index contributed by atoms with van der Waals surface area (Å²) in [6.45, 7) is 2.71. The summed E-state index contributed by atoms with van der Waals surface area (Å²) >= 11 is 0. The minimum Gasteiger partial charge on any atom is -0.394 e. The standard InChI is InChI=1S/C12H24N2O4S/c15-10-11-18-12-4-8-14(9-5-12)19(16,17)13-6-2-1-3-7-13/h12,15H,1-11H2. The average Bonchev–Trinajstić information content (AvgIpc) is 2.46. The molecule has 2 fully saturated rings. The Kier molecular flexibility index (Phi) is 5.58. The fourth-order valence-electron chi connectivity index (χ4n) is 2.71. The molecule has 0 radical (unpaired) electrons. The third-order valence-electron chi connectivity index (χ3n) is 3.81. The van der Waals surface area contributed by atoms with Crippen molar-refractivity contribution in [2.75, 3.05) is 39.4 Å². The van der Waals surface area contributed by atoms with Gasteiger partial charge in [-0.15, -0.1) is 0 Å². The van der Waals surface area contributed by atoms with Crippen molar-refractivity contribution in [2.45, 2.75) is 38.2 Å². The summed E-state index contributed by atoms with van der Waals surface area (Å²) in [6.07, 6.45) is 4.58. The van der Waals surface area contributed by atoms with E-state index in [4.69, 9.17) is 9.84 Å². The molecule has 1 N–H and O–H groups in total. The molecule has 0 atom stereocenters. The van der Waals surface area contributed by atoms with E-state index in [1.807, 2.05) is 0 Å². The molecule has 0 aromatic rings. The SMILES string of the molecule is O=S(=O)(N1CCCCC1)N1CCC(OCCO)CC1. The van der Waals surface area contributed by atoms with Gasteiger partial charge < -0.3 is 9.84 Å². The number of ether oxygens (including phenoxy) is 1. The fraction of sp³-hybridized carbons (Fsp3) is 1.00. The summed E-state index contributed by atoms with van der Waals surface area (Å²) in [6, 6.07) is 0. The second kappa shape index (κ2) is 6.99. The monoisotopic (exact) mass is 292 g/mol. The summed E-state index contributed by atoms with van der Waals surface area (Å²) in [4.78, 5) is 0. The molecule has 19 heavy (non-hydrogen) atoms. The molecule has 0 aromatic heterocycles. The number of rotatable bonds is 5. The summed E-state index contributed by atoms with van der Waals surface area (Å²) < 4.78 is 33.5. The van der Waals surface area contributed by atoms with E-state index in [0.29, 0.717) is 45.6 Å². The van der Waals surface area contributed by atoms with Crippen molar-refractivity contribution in [2.24, 2.45) is 0 Å². The lowest BCUT2D eigenvalue weighted by atomic mass is 10.1. The molecule has 0 unspecified atom stereocenters. The second-order valence-corrected chi connectivity index (χ2v) is 7.09. The minimum absolute atomic E-state index is 0.0201. The highest BCUT2D eigenvalue weighted by atomic mass is 32.2. The molecule has 2 aliphatic heterocycles. The highest BCUT2D eigenvalue weighted by Gasteiger charge is 2.33. The van der Waals surface area contributed by atoms with Crippen molar-refractivity contribution < 1.29 is 18.3 Å². The van der Waals surface area contributed by atoms with Gasteiger partial charge in [0.05, 0.1) is 19.3 Å². The van der Waals surface area contributed by atoms with Crippen molar-refractivity contribution in [3.8, 4) is 0 Å². The van der Waals surface area contributed by atoms with Gasteiger partial charge in [0.1, 0.15) is 0 Å². The molecular weight excluding hydrogens is 268 g/mol. The molecule has 7 heteroatoms. The van der Waals surface area contributed by atoms with Crippen LogP contribution in [0.25, 0.3) is 0 Å². The number of aliphatic hydroxyl groups is 1. The summed E-state index contributed by atoms with van der Waals surface area (Å²) in [5.74, 6) is 0. The van der Waals surface area contributed by atoms with E-state index in [9.17, 15) is 8.42 Å². The zero-order valence-corrected chi connectivity index (χ0v) is 12.1. The maximum atomic E-state index is 12.4. The van der Waals surface area contributed by atoms with Crippen LogP contribution in [0.1, 0.15) is 32.1 Å². The molecule has 112 valence electrons. The number of piperidine rings is 2. The Morgan fingerprint density at radius 1 is 1.00 bits per heavy atom. The van der Waals surface area contributed by atoms with Crippen LogP contribution in [0.4, 0.5) is 0 Å². The van der Waals surface area contributed by atoms with Gasteiger partial charge >= 0.3 is 0 Å². The Hall–Kier alpha value is -0.210. The van der Waals surface area contributed by atoms with Gasteiger partial charge in [0, 0.05) is 26.2 Å². The van der Waals surface area contributed by atoms with Crippen LogP contribution in [0.5, 0.6) is 0 Å². The van der Waals surface area contributed by atoms with Gasteiger partial charge in [-0.25, -0.2) is 0 Å². The van der Waals surface area contributed by atoms with Crippen molar-refractivity contribution in [3.63, 3.8) is 0 Å². The Labute approximate surface area is 115 Å². The smallest absolute Gasteiger partial charge is 0.281 e. The van der Waals surface area contributed by atoms with E-state index in [0.717, 1.165) is 19.3 Å². The molecule has 0 spiro atoms. The van der Waals surface area contributed by atoms with Crippen molar-refractivity contribution in [1.29, 1.82) is 0 Å². The zero-order chi connectivity index (χ0) is 13.7. The quantitative estimate of drug-likeness (QED) is 0.785. The highest BCUT2D eigenvalue weighted by Crippen LogP contribution is 2.21. The van der Waals surface area contributed by atoms with Crippen LogP contribution >= 0.6 is 0 Å². The molecule has 2 rings (SSSR count). The first-order valence-corrected chi connectivity index (χ1v) is 8.52. The van der Waals surface area contributed by atoms with E-state index in [2.05, 4.69) is 0 Å². The van der Waals surface area contributed by atoms with Crippen molar-refractivity contribution in [1.82, 2.24) is 8.61 Å². The number of hydrogen-bond acceptors (Lipinski definition) is 4. The molecule has 2 aliphatic rings. The van der Waals surface area contributed by atoms with E-state index < -0.39 is 10.2 Å². The van der Waals surface area contributed by atoms with Crippen molar-refractivity contribution in [3.05, 3.63) is 0 Å². The maximum absolute atomic E-state index is 12.4. The van der Waals surface area contributed by atoms with E-state index in [1.54, 1.807) is 8.61 Å². The third kappa shape index (κ3) is 3.88. The maximum Gasteiger partial charge on any atom is 0.281 e. The minimum atomic E-state index is -3.27. The topological polar surface area (TPSA) is 70.1 Å².